The van der Waals surface area contributed by atoms with Gasteiger partial charge in [0.25, 0.3) is 11.8 Å². The summed E-state index contributed by atoms with van der Waals surface area (Å²) in [5.41, 5.74) is 1.24. The van der Waals surface area contributed by atoms with Gasteiger partial charge in [-0.1, -0.05) is 47.2 Å². The van der Waals surface area contributed by atoms with E-state index in [1.807, 2.05) is 36.6 Å². The number of para-hydroxylation sites is 1. The Kier molecular flexibility index (Phi) is 4.25. The molecule has 0 fully saturated rings. The number of carbonyl (C=O) groups is 3. The van der Waals surface area contributed by atoms with E-state index in [4.69, 9.17) is 4.84 Å². The Morgan fingerprint density at radius 2 is 1.56 bits per heavy atom. The van der Waals surface area contributed by atoms with Crippen molar-refractivity contribution < 1.29 is 19.2 Å². The molecule has 8 heteroatoms. The molecule has 134 valence electrons. The van der Waals surface area contributed by atoms with Crippen molar-refractivity contribution in [3.05, 3.63) is 77.6 Å². The number of hydrogen-bond acceptors (Lipinski definition) is 6. The summed E-state index contributed by atoms with van der Waals surface area (Å²) >= 11 is 1.36. The number of hydrogen-bond donors (Lipinski definition) is 0. The molecule has 1 aliphatic heterocycles. The second-order valence-corrected chi connectivity index (χ2v) is 6.40. The molecule has 0 unspecified atom stereocenters. The lowest BCUT2D eigenvalue weighted by Gasteiger charge is -2.14. The first kappa shape index (κ1) is 17.0. The normalized spacial score (nSPS) is 13.0. The molecule has 0 N–H and O–H groups in total. The topological polar surface area (TPSA) is 81.5 Å². The van der Waals surface area contributed by atoms with Gasteiger partial charge in [-0.2, -0.15) is 0 Å². The maximum atomic E-state index is 12.7. The first-order chi connectivity index (χ1) is 13.1. The maximum Gasteiger partial charge on any atom is 0.382 e. The van der Waals surface area contributed by atoms with Crippen LogP contribution in [0.1, 0.15) is 31.2 Å². The van der Waals surface area contributed by atoms with Crippen molar-refractivity contribution in [2.75, 3.05) is 6.26 Å². The van der Waals surface area contributed by atoms with Crippen molar-refractivity contribution >= 4 is 29.5 Å². The summed E-state index contributed by atoms with van der Waals surface area (Å²) in [5, 5.41) is 1.07. The third kappa shape index (κ3) is 2.80. The first-order valence-electron chi connectivity index (χ1n) is 7.99. The molecule has 1 aliphatic rings. The summed E-state index contributed by atoms with van der Waals surface area (Å²) in [6.07, 6.45) is 3.19. The summed E-state index contributed by atoms with van der Waals surface area (Å²) in [7, 11) is 0. The second-order valence-electron chi connectivity index (χ2n) is 5.63. The zero-order valence-electron chi connectivity index (χ0n) is 14.2. The molecule has 27 heavy (non-hydrogen) atoms. The molecule has 1 aromatic heterocycles. The molecule has 0 saturated heterocycles. The van der Waals surface area contributed by atoms with Gasteiger partial charge in [0, 0.05) is 5.69 Å². The zero-order valence-corrected chi connectivity index (χ0v) is 15.0. The number of hydroxylamine groups is 2. The van der Waals surface area contributed by atoms with Gasteiger partial charge in [0.1, 0.15) is 0 Å². The van der Waals surface area contributed by atoms with Gasteiger partial charge >= 0.3 is 5.97 Å². The molecule has 0 atom stereocenters. The van der Waals surface area contributed by atoms with E-state index in [1.54, 1.807) is 16.7 Å². The van der Waals surface area contributed by atoms with Gasteiger partial charge in [0.05, 0.1) is 17.3 Å². The molecule has 4 rings (SSSR count). The van der Waals surface area contributed by atoms with Crippen LogP contribution in [0.3, 0.4) is 0 Å². The SMILES string of the molecule is CSc1ncc(C(=O)ON2C(=O)c3ccccc3C2=O)n1-c1ccccc1. The van der Waals surface area contributed by atoms with Crippen molar-refractivity contribution in [2.45, 2.75) is 5.16 Å². The molecule has 2 aromatic carbocycles. The highest BCUT2D eigenvalue weighted by atomic mass is 32.2. The van der Waals surface area contributed by atoms with E-state index in [0.29, 0.717) is 15.9 Å². The van der Waals surface area contributed by atoms with Crippen molar-refractivity contribution in [1.82, 2.24) is 14.6 Å². The molecule has 2 amide bonds. The minimum atomic E-state index is -0.846. The number of aromatic nitrogens is 2. The fourth-order valence-corrected chi connectivity index (χ4v) is 3.37. The number of imidazole rings is 1. The lowest BCUT2D eigenvalue weighted by molar-refractivity contribution is -0.0590. The number of nitrogens with zero attached hydrogens (tertiary/aromatic N) is 3. The van der Waals surface area contributed by atoms with E-state index in [2.05, 4.69) is 4.98 Å². The first-order valence-corrected chi connectivity index (χ1v) is 9.21. The van der Waals surface area contributed by atoms with Crippen LogP contribution in [0.25, 0.3) is 5.69 Å². The molecular formula is C19H13N3O4S. The van der Waals surface area contributed by atoms with E-state index in [1.165, 1.54) is 30.1 Å². The highest BCUT2D eigenvalue weighted by Crippen LogP contribution is 2.25. The Balaban J connectivity index is 1.67. The largest absolute Gasteiger partial charge is 0.382 e. The van der Waals surface area contributed by atoms with Crippen LogP contribution in [0.2, 0.25) is 0 Å². The van der Waals surface area contributed by atoms with Crippen LogP contribution >= 0.6 is 11.8 Å². The molecule has 0 saturated carbocycles. The van der Waals surface area contributed by atoms with Crippen LogP contribution in [-0.4, -0.2) is 38.7 Å². The number of imide groups is 1. The van der Waals surface area contributed by atoms with Crippen LogP contribution in [0, 0.1) is 0 Å². The number of benzene rings is 2. The van der Waals surface area contributed by atoms with Gasteiger partial charge in [0.15, 0.2) is 10.9 Å². The molecule has 7 nitrogen and oxygen atoms in total. The Morgan fingerprint density at radius 1 is 0.963 bits per heavy atom. The average Bonchev–Trinajstić information content (AvgIpc) is 3.24. The smallest absolute Gasteiger partial charge is 0.323 e. The third-order valence-electron chi connectivity index (χ3n) is 4.07. The van der Waals surface area contributed by atoms with E-state index >= 15 is 0 Å². The Hall–Kier alpha value is -3.39. The van der Waals surface area contributed by atoms with Crippen LogP contribution in [0.15, 0.2) is 66.0 Å². The van der Waals surface area contributed by atoms with Gasteiger partial charge in [0.2, 0.25) is 0 Å². The number of rotatable bonds is 4. The van der Waals surface area contributed by atoms with Crippen molar-refractivity contribution in [2.24, 2.45) is 0 Å². The highest BCUT2D eigenvalue weighted by Gasteiger charge is 2.39. The predicted octanol–water partition coefficient (Wildman–Crippen LogP) is 2.96. The molecule has 2 heterocycles. The third-order valence-corrected chi connectivity index (χ3v) is 4.72. The Labute approximate surface area is 158 Å². The summed E-state index contributed by atoms with van der Waals surface area (Å²) < 4.78 is 1.62. The number of fused-ring (bicyclic) bond motifs is 1. The van der Waals surface area contributed by atoms with Crippen LogP contribution < -0.4 is 0 Å². The van der Waals surface area contributed by atoms with Gasteiger partial charge in [-0.05, 0) is 30.5 Å². The monoisotopic (exact) mass is 379 g/mol. The van der Waals surface area contributed by atoms with Crippen molar-refractivity contribution in [3.63, 3.8) is 0 Å². The minimum Gasteiger partial charge on any atom is -0.323 e. The Morgan fingerprint density at radius 3 is 2.15 bits per heavy atom. The number of thioether (sulfide) groups is 1. The van der Waals surface area contributed by atoms with Crippen LogP contribution in [0.4, 0.5) is 0 Å². The van der Waals surface area contributed by atoms with Gasteiger partial charge < -0.3 is 4.84 Å². The van der Waals surface area contributed by atoms with Crippen LogP contribution in [-0.2, 0) is 4.84 Å². The summed E-state index contributed by atoms with van der Waals surface area (Å²) in [6.45, 7) is 0. The highest BCUT2D eigenvalue weighted by molar-refractivity contribution is 7.98. The lowest BCUT2D eigenvalue weighted by atomic mass is 10.1. The lowest BCUT2D eigenvalue weighted by Crippen LogP contribution is -2.33. The molecular weight excluding hydrogens is 366 g/mol. The average molecular weight is 379 g/mol. The summed E-state index contributed by atoms with van der Waals surface area (Å²) in [5.74, 6) is -2.18. The minimum absolute atomic E-state index is 0.113. The summed E-state index contributed by atoms with van der Waals surface area (Å²) in [4.78, 5) is 46.9. The fraction of sp³-hybridized carbons (Fsp3) is 0.0526. The van der Waals surface area contributed by atoms with E-state index < -0.39 is 17.8 Å². The van der Waals surface area contributed by atoms with Gasteiger partial charge in [-0.15, -0.1) is 0 Å². The number of carbonyl (C=O) groups excluding carboxylic acids is 3. The molecule has 0 aliphatic carbocycles. The standard InChI is InChI=1S/C19H13N3O4S/c1-27-19-20-11-15(21(19)12-7-3-2-4-8-12)18(25)26-22-16(23)13-9-5-6-10-14(13)17(22)24/h2-11H,1H3. The van der Waals surface area contributed by atoms with Crippen LogP contribution in [0.5, 0.6) is 0 Å². The molecule has 0 spiro atoms. The van der Waals surface area contributed by atoms with E-state index in [-0.39, 0.29) is 16.8 Å². The van der Waals surface area contributed by atoms with Crippen molar-refractivity contribution in [3.8, 4) is 5.69 Å². The summed E-state index contributed by atoms with van der Waals surface area (Å²) in [6, 6.07) is 15.5. The quantitative estimate of drug-likeness (QED) is 0.512. The van der Waals surface area contributed by atoms with E-state index in [0.717, 1.165) is 0 Å². The maximum absolute atomic E-state index is 12.7. The van der Waals surface area contributed by atoms with E-state index in [9.17, 15) is 14.4 Å². The van der Waals surface area contributed by atoms with Gasteiger partial charge in [-0.25, -0.2) is 9.78 Å². The second kappa shape index (κ2) is 6.73. The zero-order chi connectivity index (χ0) is 19.0. The predicted molar refractivity (Wildman–Crippen MR) is 97.7 cm³/mol. The fourth-order valence-electron chi connectivity index (χ4n) is 2.83. The molecule has 0 bridgehead atoms. The molecule has 3 aromatic rings. The van der Waals surface area contributed by atoms with Gasteiger partial charge in [-0.3, -0.25) is 14.2 Å². The Bertz CT molecular complexity index is 1030. The van der Waals surface area contributed by atoms with Crippen molar-refractivity contribution in [1.29, 1.82) is 0 Å². The molecule has 0 radical (unpaired) electrons. The number of amides is 2.